The second-order valence-electron chi connectivity index (χ2n) is 9.69. The number of hydrogen-bond donors (Lipinski definition) is 0. The zero-order chi connectivity index (χ0) is 25.5. The van der Waals surface area contributed by atoms with Crippen molar-refractivity contribution in [1.29, 1.82) is 0 Å². The molecule has 1 nitrogen and oxygen atoms in total. The molecule has 1 saturated carbocycles. The molecule has 1 fully saturated rings. The molecule has 0 saturated heterocycles. The average Bonchev–Trinajstić information content (AvgIpc) is 2.86. The number of rotatable bonds is 9. The van der Waals surface area contributed by atoms with Crippen LogP contribution in [0.1, 0.15) is 76.3 Å². The lowest BCUT2D eigenvalue weighted by Gasteiger charge is -2.32. The first kappa shape index (κ1) is 27.0. The molecule has 0 amide bonds. The lowest BCUT2D eigenvalue weighted by atomic mass is 9.75. The molecule has 0 heterocycles. The maximum absolute atomic E-state index is 15.1. The molecule has 1 aromatic carbocycles. The largest absolute Gasteiger partial charge is 0.490 e. The summed E-state index contributed by atoms with van der Waals surface area (Å²) in [6.45, 7) is 8.77. The van der Waals surface area contributed by atoms with Crippen LogP contribution in [-0.4, -0.2) is 6.61 Å². The van der Waals surface area contributed by atoms with Crippen LogP contribution in [0.2, 0.25) is 0 Å². The van der Waals surface area contributed by atoms with Crippen LogP contribution in [0.5, 0.6) is 0 Å². The van der Waals surface area contributed by atoms with E-state index in [1.807, 2.05) is 30.3 Å². The van der Waals surface area contributed by atoms with E-state index in [4.69, 9.17) is 4.74 Å². The van der Waals surface area contributed by atoms with Crippen LogP contribution in [0.15, 0.2) is 83.2 Å². The van der Waals surface area contributed by atoms with Gasteiger partial charge in [0.15, 0.2) is 17.4 Å². The van der Waals surface area contributed by atoms with Gasteiger partial charge in [-0.2, -0.15) is 4.39 Å². The van der Waals surface area contributed by atoms with Crippen LogP contribution >= 0.6 is 0 Å². The maximum Gasteiger partial charge on any atom is 0.200 e. The van der Waals surface area contributed by atoms with Crippen LogP contribution in [0.3, 0.4) is 0 Å². The van der Waals surface area contributed by atoms with Crippen molar-refractivity contribution in [3.05, 3.63) is 94.3 Å². The van der Waals surface area contributed by atoms with Crippen LogP contribution in [0, 0.1) is 11.8 Å². The van der Waals surface area contributed by atoms with Gasteiger partial charge in [-0.25, -0.2) is 13.2 Å². The summed E-state index contributed by atoms with van der Waals surface area (Å²) in [5.74, 6) is -4.02. The second-order valence-corrected chi connectivity index (χ2v) is 9.69. The summed E-state index contributed by atoms with van der Waals surface area (Å²) in [5.41, 5.74) is 2.49. The minimum atomic E-state index is -1.04. The molecule has 0 N–H and O–H groups in total. The summed E-state index contributed by atoms with van der Waals surface area (Å²) in [7, 11) is 0. The SMILES string of the molecule is C=C(C)/C(F)=C(F)\C(=C/C)OCC1CCC(C2=CC[C@@H](c3ccc(CCC)cc3)C(F)=C2F)CC1. The Balaban J connectivity index is 1.57. The van der Waals surface area contributed by atoms with E-state index < -0.39 is 29.2 Å². The highest BCUT2D eigenvalue weighted by atomic mass is 19.2. The third-order valence-electron chi connectivity index (χ3n) is 7.07. The van der Waals surface area contributed by atoms with Gasteiger partial charge in [-0.3, -0.25) is 0 Å². The van der Waals surface area contributed by atoms with E-state index in [0.29, 0.717) is 24.8 Å². The normalized spacial score (nSPS) is 24.1. The number of halogens is 4. The third kappa shape index (κ3) is 6.56. The highest BCUT2D eigenvalue weighted by molar-refractivity contribution is 5.41. The number of hydrogen-bond acceptors (Lipinski definition) is 1. The van der Waals surface area contributed by atoms with Crippen LogP contribution in [0.4, 0.5) is 17.6 Å². The van der Waals surface area contributed by atoms with E-state index in [9.17, 15) is 8.78 Å². The molecule has 2 aliphatic carbocycles. The number of allylic oxidation sites excluding steroid dienone is 8. The minimum absolute atomic E-state index is 0.00442. The standard InChI is InChI=1S/C30H36F4O/c1-5-7-20-8-12-22(13-9-20)24-16-17-25(29(33)28(24)32)23-14-10-21(11-15-23)18-35-26(6-2)30(34)27(31)19(3)4/h6,8-9,12-13,17,21,23-24H,3,5,7,10-11,14-16,18H2,1-2,4H3/b26-6+,30-27-/t21?,23?,24-/m0/s1. The highest BCUT2D eigenvalue weighted by Crippen LogP contribution is 2.45. The predicted octanol–water partition coefficient (Wildman–Crippen LogP) is 9.66. The van der Waals surface area contributed by atoms with Gasteiger partial charge in [0.25, 0.3) is 0 Å². The van der Waals surface area contributed by atoms with Crippen molar-refractivity contribution >= 4 is 0 Å². The lowest BCUT2D eigenvalue weighted by Crippen LogP contribution is -2.21. The number of ether oxygens (including phenoxy) is 1. The van der Waals surface area contributed by atoms with Gasteiger partial charge in [-0.05, 0) is 92.6 Å². The summed E-state index contributed by atoms with van der Waals surface area (Å²) >= 11 is 0. The quantitative estimate of drug-likeness (QED) is 0.191. The zero-order valence-electron chi connectivity index (χ0n) is 21.0. The molecule has 5 heteroatoms. The highest BCUT2D eigenvalue weighted by Gasteiger charge is 2.33. The van der Waals surface area contributed by atoms with Gasteiger partial charge in [0, 0.05) is 5.92 Å². The Morgan fingerprint density at radius 3 is 2.29 bits per heavy atom. The van der Waals surface area contributed by atoms with Gasteiger partial charge in [-0.1, -0.05) is 50.3 Å². The van der Waals surface area contributed by atoms with Crippen LogP contribution in [0.25, 0.3) is 0 Å². The van der Waals surface area contributed by atoms with Crippen molar-refractivity contribution in [2.45, 2.75) is 71.6 Å². The summed E-state index contributed by atoms with van der Waals surface area (Å²) in [4.78, 5) is 0. The first-order valence-electron chi connectivity index (χ1n) is 12.6. The molecule has 0 unspecified atom stereocenters. The fourth-order valence-corrected chi connectivity index (χ4v) is 4.98. The van der Waals surface area contributed by atoms with Crippen LogP contribution < -0.4 is 0 Å². The summed E-state index contributed by atoms with van der Waals surface area (Å²) in [6, 6.07) is 7.82. The van der Waals surface area contributed by atoms with Gasteiger partial charge >= 0.3 is 0 Å². The fraction of sp³-hybridized carbons (Fsp3) is 0.467. The Morgan fingerprint density at radius 2 is 1.71 bits per heavy atom. The van der Waals surface area contributed by atoms with E-state index in [1.54, 1.807) is 6.92 Å². The summed E-state index contributed by atoms with van der Waals surface area (Å²) < 4.78 is 63.8. The summed E-state index contributed by atoms with van der Waals surface area (Å²) in [6.07, 6.45) is 8.66. The van der Waals surface area contributed by atoms with Gasteiger partial charge in [0.05, 0.1) is 6.61 Å². The van der Waals surface area contributed by atoms with E-state index in [1.165, 1.54) is 18.6 Å². The van der Waals surface area contributed by atoms with E-state index >= 15 is 8.78 Å². The summed E-state index contributed by atoms with van der Waals surface area (Å²) in [5, 5.41) is 0. The first-order valence-corrected chi connectivity index (χ1v) is 12.6. The first-order chi connectivity index (χ1) is 16.8. The molecule has 0 spiro atoms. The monoisotopic (exact) mass is 488 g/mol. The molecule has 1 atom stereocenters. The zero-order valence-corrected chi connectivity index (χ0v) is 21.0. The Labute approximate surface area is 207 Å². The van der Waals surface area contributed by atoms with E-state index in [0.717, 1.165) is 31.2 Å². The fourth-order valence-electron chi connectivity index (χ4n) is 4.98. The van der Waals surface area contributed by atoms with Crippen LogP contribution in [-0.2, 0) is 11.2 Å². The topological polar surface area (TPSA) is 9.23 Å². The van der Waals surface area contributed by atoms with E-state index in [-0.39, 0.29) is 29.8 Å². The van der Waals surface area contributed by atoms with Gasteiger partial charge in [0.2, 0.25) is 5.83 Å². The smallest absolute Gasteiger partial charge is 0.200 e. The second kappa shape index (κ2) is 12.4. The molecular weight excluding hydrogens is 452 g/mol. The molecular formula is C30H36F4O. The van der Waals surface area contributed by atoms with Gasteiger partial charge in [0.1, 0.15) is 5.83 Å². The lowest BCUT2D eigenvalue weighted by molar-refractivity contribution is 0.130. The molecule has 2 aliphatic rings. The van der Waals surface area contributed by atoms with Gasteiger partial charge < -0.3 is 4.74 Å². The van der Waals surface area contributed by atoms with Gasteiger partial charge in [-0.15, -0.1) is 0 Å². The molecule has 35 heavy (non-hydrogen) atoms. The van der Waals surface area contributed by atoms with E-state index in [2.05, 4.69) is 13.5 Å². The Morgan fingerprint density at radius 1 is 1.06 bits per heavy atom. The maximum atomic E-state index is 15.1. The van der Waals surface area contributed by atoms with Crippen molar-refractivity contribution in [2.75, 3.05) is 6.61 Å². The molecule has 1 aromatic rings. The molecule has 0 radical (unpaired) electrons. The molecule has 190 valence electrons. The molecule has 3 rings (SSSR count). The molecule has 0 aromatic heterocycles. The Kier molecular flexibility index (Phi) is 9.59. The number of benzene rings is 1. The van der Waals surface area contributed by atoms with Crippen molar-refractivity contribution in [1.82, 2.24) is 0 Å². The Bertz CT molecular complexity index is 1020. The van der Waals surface area contributed by atoms with Crippen molar-refractivity contribution in [3.8, 4) is 0 Å². The number of aryl methyl sites for hydroxylation is 1. The third-order valence-corrected chi connectivity index (χ3v) is 7.07. The predicted molar refractivity (Wildman–Crippen MR) is 134 cm³/mol. The Hall–Kier alpha value is -2.56. The molecule has 0 aliphatic heterocycles. The van der Waals surface area contributed by atoms with Crippen molar-refractivity contribution in [3.63, 3.8) is 0 Å². The van der Waals surface area contributed by atoms with Crippen molar-refractivity contribution in [2.24, 2.45) is 11.8 Å². The minimum Gasteiger partial charge on any atom is -0.490 e. The molecule has 0 bridgehead atoms. The van der Waals surface area contributed by atoms with Crippen molar-refractivity contribution < 1.29 is 22.3 Å². The average molecular weight is 489 g/mol.